The van der Waals surface area contributed by atoms with Crippen LogP contribution < -0.4 is 0 Å². The highest BCUT2D eigenvalue weighted by Crippen LogP contribution is 2.22. The van der Waals surface area contributed by atoms with Gasteiger partial charge in [0.1, 0.15) is 0 Å². The zero-order valence-corrected chi connectivity index (χ0v) is 16.8. The average molecular weight is 376 g/mol. The summed E-state index contributed by atoms with van der Waals surface area (Å²) in [6, 6.07) is 0.707. The number of aromatic nitrogens is 2. The minimum absolute atomic E-state index is 0.272. The number of rotatable bonds is 4. The van der Waals surface area contributed by atoms with Crippen molar-refractivity contribution >= 4 is 5.91 Å². The lowest BCUT2D eigenvalue weighted by atomic mass is 10.0. The van der Waals surface area contributed by atoms with E-state index in [1.54, 1.807) is 0 Å². The molecule has 0 bridgehead atoms. The van der Waals surface area contributed by atoms with Gasteiger partial charge in [-0.3, -0.25) is 14.4 Å². The van der Waals surface area contributed by atoms with Crippen molar-refractivity contribution in [2.75, 3.05) is 52.9 Å². The molecule has 0 saturated carbocycles. The van der Waals surface area contributed by atoms with Crippen molar-refractivity contribution < 1.29 is 9.53 Å². The first kappa shape index (κ1) is 18.9. The monoisotopic (exact) mass is 375 g/mol. The van der Waals surface area contributed by atoms with Crippen LogP contribution in [0, 0.1) is 0 Å². The Hall–Kier alpha value is -1.44. The fraction of sp³-hybridized carbons (Fsp3) is 0.800. The molecule has 0 spiro atoms. The maximum Gasteiger partial charge on any atom is 0.223 e. The van der Waals surface area contributed by atoms with Crippen molar-refractivity contribution in [3.05, 3.63) is 17.0 Å². The quantitative estimate of drug-likeness (QED) is 0.774. The van der Waals surface area contributed by atoms with Crippen molar-refractivity contribution in [1.29, 1.82) is 0 Å². The zero-order chi connectivity index (χ0) is 18.8. The second-order valence-electron chi connectivity index (χ2n) is 8.25. The van der Waals surface area contributed by atoms with Gasteiger partial charge in [-0.1, -0.05) is 0 Å². The van der Waals surface area contributed by atoms with E-state index in [-0.39, 0.29) is 5.91 Å². The number of piperazine rings is 1. The van der Waals surface area contributed by atoms with Crippen LogP contribution in [0.1, 0.15) is 36.2 Å². The average Bonchev–Trinajstić information content (AvgIpc) is 3.03. The van der Waals surface area contributed by atoms with Crippen LogP contribution in [0.25, 0.3) is 0 Å². The Morgan fingerprint density at radius 1 is 1.11 bits per heavy atom. The molecule has 0 radical (unpaired) electrons. The van der Waals surface area contributed by atoms with E-state index in [0.717, 1.165) is 51.3 Å². The molecule has 1 amide bonds. The molecule has 0 aliphatic carbocycles. The van der Waals surface area contributed by atoms with E-state index in [1.165, 1.54) is 37.2 Å². The lowest BCUT2D eigenvalue weighted by molar-refractivity contribution is -0.133. The van der Waals surface area contributed by atoms with Gasteiger partial charge in [0.15, 0.2) is 0 Å². The first-order valence-electron chi connectivity index (χ1n) is 10.4. The largest absolute Gasteiger partial charge is 0.376 e. The van der Waals surface area contributed by atoms with Crippen molar-refractivity contribution in [2.45, 2.75) is 44.8 Å². The maximum atomic E-state index is 12.7. The first-order chi connectivity index (χ1) is 13.1. The van der Waals surface area contributed by atoms with E-state index < -0.39 is 0 Å². The van der Waals surface area contributed by atoms with E-state index in [4.69, 9.17) is 4.74 Å². The molecule has 0 unspecified atom stereocenters. The van der Waals surface area contributed by atoms with Crippen LogP contribution in [0.5, 0.6) is 0 Å². The Kier molecular flexibility index (Phi) is 5.80. The van der Waals surface area contributed by atoms with Crippen LogP contribution in [0.15, 0.2) is 0 Å². The van der Waals surface area contributed by atoms with E-state index in [0.29, 0.717) is 19.1 Å². The summed E-state index contributed by atoms with van der Waals surface area (Å²) in [5, 5.41) is 4.64. The number of carbonyl (C=O) groups is 1. The lowest BCUT2D eigenvalue weighted by Crippen LogP contribution is -2.54. The third kappa shape index (κ3) is 4.20. The summed E-state index contributed by atoms with van der Waals surface area (Å²) in [4.78, 5) is 19.8. The van der Waals surface area contributed by atoms with Gasteiger partial charge in [-0.25, -0.2) is 0 Å². The SMILES string of the molecule is CN1CCC(N2CCN(C(=O)CCc3nn(C)c4c3COCC4)CC2)CC1. The van der Waals surface area contributed by atoms with Gasteiger partial charge >= 0.3 is 0 Å². The van der Waals surface area contributed by atoms with Gasteiger partial charge in [0.25, 0.3) is 0 Å². The van der Waals surface area contributed by atoms with Crippen molar-refractivity contribution in [3.8, 4) is 0 Å². The molecule has 1 aromatic rings. The minimum atomic E-state index is 0.272. The molecule has 27 heavy (non-hydrogen) atoms. The summed E-state index contributed by atoms with van der Waals surface area (Å²) >= 11 is 0. The van der Waals surface area contributed by atoms with Crippen LogP contribution in [-0.2, 0) is 36.0 Å². The highest BCUT2D eigenvalue weighted by atomic mass is 16.5. The number of carbonyl (C=O) groups excluding carboxylic acids is 1. The molecule has 7 heteroatoms. The number of aryl methyl sites for hydroxylation is 2. The van der Waals surface area contributed by atoms with Crippen LogP contribution in [-0.4, -0.2) is 89.4 Å². The summed E-state index contributed by atoms with van der Waals surface area (Å²) in [7, 11) is 4.20. The molecule has 4 rings (SSSR count). The molecular weight excluding hydrogens is 342 g/mol. The number of hydrogen-bond donors (Lipinski definition) is 0. The number of ether oxygens (including phenoxy) is 1. The number of fused-ring (bicyclic) bond motifs is 1. The minimum Gasteiger partial charge on any atom is -0.376 e. The first-order valence-corrected chi connectivity index (χ1v) is 10.4. The van der Waals surface area contributed by atoms with E-state index >= 15 is 0 Å². The molecule has 2 fully saturated rings. The zero-order valence-electron chi connectivity index (χ0n) is 16.8. The van der Waals surface area contributed by atoms with Gasteiger partial charge in [-0.15, -0.1) is 0 Å². The molecule has 0 N–H and O–H groups in total. The lowest BCUT2D eigenvalue weighted by Gasteiger charge is -2.42. The normalized spacial score (nSPS) is 22.8. The van der Waals surface area contributed by atoms with E-state index in [2.05, 4.69) is 26.8 Å². The highest BCUT2D eigenvalue weighted by molar-refractivity contribution is 5.76. The van der Waals surface area contributed by atoms with Gasteiger partial charge in [0.05, 0.1) is 18.9 Å². The third-order valence-electron chi connectivity index (χ3n) is 6.53. The number of nitrogens with zero attached hydrogens (tertiary/aromatic N) is 5. The maximum absolute atomic E-state index is 12.7. The van der Waals surface area contributed by atoms with Crippen LogP contribution in [0.4, 0.5) is 0 Å². The fourth-order valence-corrected chi connectivity index (χ4v) is 4.77. The summed E-state index contributed by atoms with van der Waals surface area (Å²) in [5.41, 5.74) is 3.53. The Morgan fingerprint density at radius 2 is 1.85 bits per heavy atom. The second-order valence-corrected chi connectivity index (χ2v) is 8.25. The molecule has 0 atom stereocenters. The van der Waals surface area contributed by atoms with Gasteiger partial charge < -0.3 is 14.5 Å². The molecule has 3 aliphatic rings. The highest BCUT2D eigenvalue weighted by Gasteiger charge is 2.28. The summed E-state index contributed by atoms with van der Waals surface area (Å²) in [6.07, 6.45) is 4.72. The predicted molar refractivity (Wildman–Crippen MR) is 104 cm³/mol. The predicted octanol–water partition coefficient (Wildman–Crippen LogP) is 0.664. The Bertz CT molecular complexity index is 658. The van der Waals surface area contributed by atoms with Crippen LogP contribution in [0.2, 0.25) is 0 Å². The van der Waals surface area contributed by atoms with Gasteiger partial charge in [-0.2, -0.15) is 5.10 Å². The van der Waals surface area contributed by atoms with Crippen molar-refractivity contribution in [2.24, 2.45) is 7.05 Å². The van der Waals surface area contributed by atoms with Gasteiger partial charge in [0.2, 0.25) is 5.91 Å². The van der Waals surface area contributed by atoms with Gasteiger partial charge in [-0.05, 0) is 33.0 Å². The molecule has 2 saturated heterocycles. The van der Waals surface area contributed by atoms with Crippen molar-refractivity contribution in [1.82, 2.24) is 24.5 Å². The molecule has 3 aliphatic heterocycles. The Balaban J connectivity index is 1.25. The summed E-state index contributed by atoms with van der Waals surface area (Å²) in [5.74, 6) is 0.272. The molecule has 0 aromatic carbocycles. The number of piperidine rings is 1. The number of amides is 1. The van der Waals surface area contributed by atoms with Gasteiger partial charge in [0, 0.05) is 69.8 Å². The topological polar surface area (TPSA) is 53.8 Å². The molecule has 4 heterocycles. The van der Waals surface area contributed by atoms with Crippen LogP contribution in [0.3, 0.4) is 0 Å². The second kappa shape index (κ2) is 8.29. The molecule has 1 aromatic heterocycles. The number of hydrogen-bond acceptors (Lipinski definition) is 5. The van der Waals surface area contributed by atoms with E-state index in [9.17, 15) is 4.79 Å². The Labute approximate surface area is 162 Å². The molecule has 150 valence electrons. The molecule has 7 nitrogen and oxygen atoms in total. The number of likely N-dealkylation sites (tertiary alicyclic amines) is 1. The molecular formula is C20H33N5O2. The third-order valence-corrected chi connectivity index (χ3v) is 6.53. The summed E-state index contributed by atoms with van der Waals surface area (Å²) < 4.78 is 7.56. The summed E-state index contributed by atoms with van der Waals surface area (Å²) in [6.45, 7) is 7.58. The fourth-order valence-electron chi connectivity index (χ4n) is 4.77. The van der Waals surface area contributed by atoms with Crippen molar-refractivity contribution in [3.63, 3.8) is 0 Å². The smallest absolute Gasteiger partial charge is 0.223 e. The van der Waals surface area contributed by atoms with Crippen LogP contribution >= 0.6 is 0 Å². The van der Waals surface area contributed by atoms with E-state index in [1.807, 2.05) is 11.7 Å². The Morgan fingerprint density at radius 3 is 2.59 bits per heavy atom. The standard InChI is InChI=1S/C20H33N5O2/c1-22-8-5-16(6-9-22)24-10-12-25(13-11-24)20(26)4-3-18-17-15-27-14-7-19(17)23(2)21-18/h16H,3-15H2,1-2H3.